The van der Waals surface area contributed by atoms with Crippen LogP contribution in [0.4, 0.5) is 5.69 Å². The molecule has 2 aliphatic rings. The minimum absolute atomic E-state index is 0.0290. The summed E-state index contributed by atoms with van der Waals surface area (Å²) in [5.41, 5.74) is -0.0912. The van der Waals surface area contributed by atoms with Crippen molar-refractivity contribution < 1.29 is 9.59 Å². The largest absolute Gasteiger partial charge is 0.340 e. The van der Waals surface area contributed by atoms with Crippen molar-refractivity contribution in [3.8, 4) is 0 Å². The molecule has 0 bridgehead atoms. The van der Waals surface area contributed by atoms with E-state index < -0.39 is 11.6 Å². The third kappa shape index (κ3) is 2.31. The fraction of sp³-hybridized carbons (Fsp3) is 0.500. The van der Waals surface area contributed by atoms with Gasteiger partial charge in [0.05, 0.1) is 0 Å². The van der Waals surface area contributed by atoms with Gasteiger partial charge in [0.25, 0.3) is 5.91 Å². The van der Waals surface area contributed by atoms with Gasteiger partial charge in [0.15, 0.2) is 0 Å². The Hall–Kier alpha value is -1.55. The average Bonchev–Trinajstić information content (AvgIpc) is 3.27. The number of hydrogen-bond acceptors (Lipinski definition) is 2. The van der Waals surface area contributed by atoms with Crippen LogP contribution in [0.5, 0.6) is 0 Å². The third-order valence-corrected chi connectivity index (χ3v) is 4.76. The summed E-state index contributed by atoms with van der Waals surface area (Å²) < 4.78 is 0. The van der Waals surface area contributed by atoms with E-state index in [1.807, 2.05) is 19.9 Å². The molecule has 1 heterocycles. The summed E-state index contributed by atoms with van der Waals surface area (Å²) in [5, 5.41) is 3.52. The number of amides is 2. The highest BCUT2D eigenvalue weighted by Gasteiger charge is 2.55. The van der Waals surface area contributed by atoms with Crippen LogP contribution < -0.4 is 10.2 Å². The summed E-state index contributed by atoms with van der Waals surface area (Å²) in [6, 6.07) is 6.67. The number of carbonyl (C=O) groups excluding carboxylic acids is 2. The monoisotopic (exact) mass is 306 g/mol. The number of halogens is 1. The number of hydrogen-bond donors (Lipinski definition) is 1. The molecule has 1 saturated carbocycles. The first-order chi connectivity index (χ1) is 9.97. The van der Waals surface area contributed by atoms with Gasteiger partial charge < -0.3 is 5.32 Å². The van der Waals surface area contributed by atoms with Crippen molar-refractivity contribution in [2.24, 2.45) is 5.92 Å². The van der Waals surface area contributed by atoms with Crippen LogP contribution >= 0.6 is 11.6 Å². The number of benzene rings is 1. The fourth-order valence-electron chi connectivity index (χ4n) is 3.13. The predicted octanol–water partition coefficient (Wildman–Crippen LogP) is 2.75. The van der Waals surface area contributed by atoms with Crippen LogP contribution in [-0.4, -0.2) is 23.4 Å². The van der Waals surface area contributed by atoms with Crippen LogP contribution in [0.25, 0.3) is 0 Å². The van der Waals surface area contributed by atoms with Crippen LogP contribution in [0.3, 0.4) is 0 Å². The maximum Gasteiger partial charge on any atom is 0.253 e. The van der Waals surface area contributed by atoms with E-state index in [0.717, 1.165) is 12.8 Å². The lowest BCUT2D eigenvalue weighted by Gasteiger charge is -2.44. The van der Waals surface area contributed by atoms with Crippen molar-refractivity contribution in [2.75, 3.05) is 4.90 Å². The van der Waals surface area contributed by atoms with Crippen LogP contribution in [-0.2, 0) is 9.59 Å². The van der Waals surface area contributed by atoms with Gasteiger partial charge >= 0.3 is 0 Å². The van der Waals surface area contributed by atoms with Crippen LogP contribution in [0.1, 0.15) is 33.1 Å². The SMILES string of the molecule is CCC1C(=O)NC(C)(C2CC2)C(=O)N1c1cccc(Cl)c1. The molecule has 1 aliphatic heterocycles. The molecule has 21 heavy (non-hydrogen) atoms. The van der Waals surface area contributed by atoms with Gasteiger partial charge in [0, 0.05) is 10.7 Å². The number of piperazine rings is 1. The molecule has 1 aliphatic carbocycles. The molecule has 5 heteroatoms. The normalized spacial score (nSPS) is 29.5. The van der Waals surface area contributed by atoms with Crippen molar-refractivity contribution in [1.29, 1.82) is 0 Å². The highest BCUT2D eigenvalue weighted by atomic mass is 35.5. The Labute approximate surface area is 129 Å². The quantitative estimate of drug-likeness (QED) is 0.933. The van der Waals surface area contributed by atoms with Gasteiger partial charge in [-0.15, -0.1) is 0 Å². The van der Waals surface area contributed by atoms with Gasteiger partial charge in [-0.05, 0) is 50.3 Å². The predicted molar refractivity (Wildman–Crippen MR) is 82.3 cm³/mol. The van der Waals surface area contributed by atoms with Crippen LogP contribution in [0.15, 0.2) is 24.3 Å². The van der Waals surface area contributed by atoms with Crippen LogP contribution in [0.2, 0.25) is 5.02 Å². The molecule has 1 aromatic carbocycles. The molecular weight excluding hydrogens is 288 g/mol. The van der Waals surface area contributed by atoms with E-state index in [9.17, 15) is 9.59 Å². The molecule has 2 amide bonds. The summed E-state index contributed by atoms with van der Waals surface area (Å²) in [4.78, 5) is 27.1. The number of anilines is 1. The molecule has 3 rings (SSSR count). The maximum atomic E-state index is 13.0. The molecule has 1 saturated heterocycles. The molecule has 1 aromatic rings. The van der Waals surface area contributed by atoms with E-state index in [1.165, 1.54) is 0 Å². The zero-order valence-electron chi connectivity index (χ0n) is 12.2. The minimum Gasteiger partial charge on any atom is -0.340 e. The van der Waals surface area contributed by atoms with Crippen molar-refractivity contribution in [2.45, 2.75) is 44.7 Å². The van der Waals surface area contributed by atoms with Crippen molar-refractivity contribution in [1.82, 2.24) is 5.32 Å². The molecule has 2 atom stereocenters. The molecule has 2 unspecified atom stereocenters. The Kier molecular flexibility index (Phi) is 3.44. The lowest BCUT2D eigenvalue weighted by molar-refractivity contribution is -0.138. The summed E-state index contributed by atoms with van der Waals surface area (Å²) in [6.45, 7) is 3.75. The van der Waals surface area contributed by atoms with E-state index in [0.29, 0.717) is 17.1 Å². The summed E-state index contributed by atoms with van der Waals surface area (Å²) >= 11 is 6.05. The number of nitrogens with one attached hydrogen (secondary N) is 1. The number of rotatable bonds is 3. The van der Waals surface area contributed by atoms with E-state index in [4.69, 9.17) is 11.6 Å². The molecule has 2 fully saturated rings. The molecule has 0 spiro atoms. The lowest BCUT2D eigenvalue weighted by atomic mass is 9.88. The third-order valence-electron chi connectivity index (χ3n) is 4.53. The van der Waals surface area contributed by atoms with Crippen LogP contribution in [0, 0.1) is 5.92 Å². The van der Waals surface area contributed by atoms with E-state index >= 15 is 0 Å². The van der Waals surface area contributed by atoms with Gasteiger partial charge in [-0.25, -0.2) is 0 Å². The average molecular weight is 307 g/mol. The second-order valence-corrected chi connectivity index (χ2v) is 6.48. The Bertz CT molecular complexity index is 600. The smallest absolute Gasteiger partial charge is 0.253 e. The number of nitrogens with zero attached hydrogens (tertiary/aromatic N) is 1. The van der Waals surface area contributed by atoms with Gasteiger partial charge in [0.1, 0.15) is 11.6 Å². The molecule has 0 radical (unpaired) electrons. The zero-order valence-corrected chi connectivity index (χ0v) is 13.0. The van der Waals surface area contributed by atoms with E-state index in [2.05, 4.69) is 5.32 Å². The highest BCUT2D eigenvalue weighted by molar-refractivity contribution is 6.31. The standard InChI is InChI=1S/C16H19ClN2O2/c1-3-13-14(20)18-16(2,10-7-8-10)15(21)19(13)12-6-4-5-11(17)9-12/h4-6,9-10,13H,3,7-8H2,1-2H3,(H,18,20). The number of carbonyl (C=O) groups is 2. The Balaban J connectivity index is 2.04. The second kappa shape index (κ2) is 5.02. The molecule has 0 aromatic heterocycles. The summed E-state index contributed by atoms with van der Waals surface area (Å²) in [7, 11) is 0. The zero-order chi connectivity index (χ0) is 15.2. The highest BCUT2D eigenvalue weighted by Crippen LogP contribution is 2.43. The molecule has 1 N–H and O–H groups in total. The van der Waals surface area contributed by atoms with Gasteiger partial charge in [-0.2, -0.15) is 0 Å². The van der Waals surface area contributed by atoms with E-state index in [1.54, 1.807) is 23.1 Å². The molecular formula is C16H19ClN2O2. The van der Waals surface area contributed by atoms with Gasteiger partial charge in [-0.3, -0.25) is 14.5 Å². The topological polar surface area (TPSA) is 49.4 Å². The first-order valence-corrected chi connectivity index (χ1v) is 7.76. The lowest BCUT2D eigenvalue weighted by Crippen LogP contribution is -2.70. The Morgan fingerprint density at radius 3 is 2.67 bits per heavy atom. The van der Waals surface area contributed by atoms with Gasteiger partial charge in [-0.1, -0.05) is 24.6 Å². The first kappa shape index (κ1) is 14.4. The van der Waals surface area contributed by atoms with Crippen molar-refractivity contribution in [3.63, 3.8) is 0 Å². The van der Waals surface area contributed by atoms with Gasteiger partial charge in [0.2, 0.25) is 5.91 Å². The maximum absolute atomic E-state index is 13.0. The fourth-order valence-corrected chi connectivity index (χ4v) is 3.31. The summed E-state index contributed by atoms with van der Waals surface area (Å²) in [6.07, 6.45) is 2.55. The molecule has 112 valence electrons. The first-order valence-electron chi connectivity index (χ1n) is 7.38. The van der Waals surface area contributed by atoms with E-state index in [-0.39, 0.29) is 17.7 Å². The Morgan fingerprint density at radius 2 is 2.10 bits per heavy atom. The van der Waals surface area contributed by atoms with Crippen molar-refractivity contribution >= 4 is 29.1 Å². The summed E-state index contributed by atoms with van der Waals surface area (Å²) in [5.74, 6) is 0.138. The molecule has 4 nitrogen and oxygen atoms in total. The second-order valence-electron chi connectivity index (χ2n) is 6.04. The van der Waals surface area contributed by atoms with Crippen molar-refractivity contribution in [3.05, 3.63) is 29.3 Å². The Morgan fingerprint density at radius 1 is 1.38 bits per heavy atom. The minimum atomic E-state index is -0.787.